The number of hydrogen-bond acceptors (Lipinski definition) is 4. The van der Waals surface area contributed by atoms with E-state index in [0.29, 0.717) is 0 Å². The normalized spacial score (nSPS) is 10.8. The first-order valence-electron chi connectivity index (χ1n) is 2.32. The van der Waals surface area contributed by atoms with E-state index in [9.17, 15) is 8.42 Å². The summed E-state index contributed by atoms with van der Waals surface area (Å²) < 4.78 is 51.8. The average Bonchev–Trinajstić information content (AvgIpc) is 1.85. The third kappa shape index (κ3) is 22.8. The molecule has 0 radical (unpaired) electrons. The molecule has 0 aliphatic rings. The summed E-state index contributed by atoms with van der Waals surface area (Å²) in [6, 6.07) is 0. The van der Waals surface area contributed by atoms with E-state index in [4.69, 9.17) is 17.5 Å². The van der Waals surface area contributed by atoms with E-state index >= 15 is 0 Å². The zero-order chi connectivity index (χ0) is 10.4. The van der Waals surface area contributed by atoms with Gasteiger partial charge in [-0.2, -0.15) is 8.42 Å². The van der Waals surface area contributed by atoms with Crippen molar-refractivity contribution in [3.05, 3.63) is 24.0 Å². The van der Waals surface area contributed by atoms with E-state index in [1.807, 2.05) is 0 Å². The Morgan fingerprint density at radius 3 is 1.08 bits per heavy atom. The SMILES string of the molecule is C=CS(=O)(=O)C=C.O=S(=O)(O)O. The molecule has 0 aromatic rings. The molecule has 0 saturated heterocycles. The lowest BCUT2D eigenvalue weighted by Crippen LogP contribution is -1.89. The molecule has 0 unspecified atom stereocenters. The first kappa shape index (κ1) is 13.9. The molecule has 2 N–H and O–H groups in total. The van der Waals surface area contributed by atoms with Crippen LogP contribution in [0.4, 0.5) is 0 Å². The highest BCUT2D eigenvalue weighted by molar-refractivity contribution is 7.97. The summed E-state index contributed by atoms with van der Waals surface area (Å²) in [5, 5.41) is 1.69. The van der Waals surface area contributed by atoms with Crippen LogP contribution < -0.4 is 0 Å². The summed E-state index contributed by atoms with van der Waals surface area (Å²) in [4.78, 5) is 0. The highest BCUT2D eigenvalue weighted by Crippen LogP contribution is 1.87. The molecular weight excluding hydrogens is 208 g/mol. The predicted octanol–water partition coefficient (Wildman–Crippen LogP) is 0.0354. The van der Waals surface area contributed by atoms with E-state index < -0.39 is 20.2 Å². The molecule has 72 valence electrons. The predicted molar refractivity (Wildman–Crippen MR) is 43.5 cm³/mol. The molecule has 12 heavy (non-hydrogen) atoms. The molecule has 6 nitrogen and oxygen atoms in total. The van der Waals surface area contributed by atoms with Gasteiger partial charge in [0.25, 0.3) is 0 Å². The minimum atomic E-state index is -4.67. The molecule has 0 aliphatic heterocycles. The van der Waals surface area contributed by atoms with Crippen molar-refractivity contribution in [2.75, 3.05) is 0 Å². The minimum Gasteiger partial charge on any atom is -0.264 e. The zero-order valence-corrected chi connectivity index (χ0v) is 7.55. The molecule has 0 spiro atoms. The first-order chi connectivity index (χ1) is 5.12. The minimum absolute atomic E-state index is 0.847. The van der Waals surface area contributed by atoms with E-state index in [2.05, 4.69) is 13.2 Å². The van der Waals surface area contributed by atoms with Crippen molar-refractivity contribution >= 4 is 20.2 Å². The van der Waals surface area contributed by atoms with Gasteiger partial charge >= 0.3 is 10.4 Å². The Morgan fingerprint density at radius 2 is 1.08 bits per heavy atom. The van der Waals surface area contributed by atoms with Crippen LogP contribution in [-0.4, -0.2) is 25.9 Å². The standard InChI is InChI=1S/C4H6O2S.H2O4S/c1-3-7(5,6)4-2;1-5(2,3)4/h3-4H,1-2H2;(H2,1,2,3,4). The van der Waals surface area contributed by atoms with Crippen LogP contribution in [0.15, 0.2) is 24.0 Å². The van der Waals surface area contributed by atoms with Crippen LogP contribution in [0.3, 0.4) is 0 Å². The van der Waals surface area contributed by atoms with Crippen molar-refractivity contribution in [1.29, 1.82) is 0 Å². The highest BCUT2D eigenvalue weighted by atomic mass is 32.3. The van der Waals surface area contributed by atoms with Crippen LogP contribution in [0, 0.1) is 0 Å². The van der Waals surface area contributed by atoms with Gasteiger partial charge in [-0.15, -0.1) is 0 Å². The van der Waals surface area contributed by atoms with Gasteiger partial charge in [-0.05, 0) is 0 Å². The Bertz CT molecular complexity index is 312. The summed E-state index contributed by atoms with van der Waals surface area (Å²) in [5.41, 5.74) is 0. The van der Waals surface area contributed by atoms with Gasteiger partial charge in [0.1, 0.15) is 0 Å². The summed E-state index contributed by atoms with van der Waals surface area (Å²) >= 11 is 0. The van der Waals surface area contributed by atoms with Crippen LogP contribution in [0.1, 0.15) is 0 Å². The maximum Gasteiger partial charge on any atom is 0.394 e. The van der Waals surface area contributed by atoms with E-state index in [0.717, 1.165) is 10.8 Å². The van der Waals surface area contributed by atoms with Crippen molar-refractivity contribution in [2.24, 2.45) is 0 Å². The van der Waals surface area contributed by atoms with Gasteiger partial charge in [0.05, 0.1) is 0 Å². The van der Waals surface area contributed by atoms with E-state index in [-0.39, 0.29) is 0 Å². The van der Waals surface area contributed by atoms with Gasteiger partial charge in [0, 0.05) is 10.8 Å². The van der Waals surface area contributed by atoms with Crippen molar-refractivity contribution in [1.82, 2.24) is 0 Å². The molecule has 0 heterocycles. The molecule has 0 rings (SSSR count). The summed E-state index contributed by atoms with van der Waals surface area (Å²) in [6.45, 7) is 6.09. The average molecular weight is 216 g/mol. The Balaban J connectivity index is 0. The van der Waals surface area contributed by atoms with Crippen LogP contribution >= 0.6 is 0 Å². The second kappa shape index (κ2) is 5.04. The number of sulfone groups is 1. The van der Waals surface area contributed by atoms with Crippen molar-refractivity contribution < 1.29 is 25.9 Å². The highest BCUT2D eigenvalue weighted by Gasteiger charge is 1.90. The van der Waals surface area contributed by atoms with E-state index in [1.165, 1.54) is 0 Å². The fraction of sp³-hybridized carbons (Fsp3) is 0. The van der Waals surface area contributed by atoms with Gasteiger partial charge in [0.15, 0.2) is 9.84 Å². The van der Waals surface area contributed by atoms with Crippen molar-refractivity contribution in [2.45, 2.75) is 0 Å². The second-order valence-corrected chi connectivity index (χ2v) is 4.11. The van der Waals surface area contributed by atoms with Crippen LogP contribution in [0.25, 0.3) is 0 Å². The van der Waals surface area contributed by atoms with Crippen LogP contribution in [0.2, 0.25) is 0 Å². The lowest BCUT2D eigenvalue weighted by molar-refractivity contribution is 0.381. The maximum absolute atomic E-state index is 10.1. The summed E-state index contributed by atoms with van der Waals surface area (Å²) in [5.74, 6) is 0. The van der Waals surface area contributed by atoms with Gasteiger partial charge in [-0.25, -0.2) is 8.42 Å². The molecule has 0 amide bonds. The monoisotopic (exact) mass is 216 g/mol. The number of rotatable bonds is 2. The lowest BCUT2D eigenvalue weighted by atomic mass is 11.3. The summed E-state index contributed by atoms with van der Waals surface area (Å²) in [7, 11) is -7.80. The molecular formula is C4H8O6S2. The third-order valence-corrected chi connectivity index (χ3v) is 1.39. The van der Waals surface area contributed by atoms with Crippen molar-refractivity contribution in [3.63, 3.8) is 0 Å². The maximum atomic E-state index is 10.1. The van der Waals surface area contributed by atoms with Gasteiger partial charge in [-0.1, -0.05) is 13.2 Å². The van der Waals surface area contributed by atoms with Gasteiger partial charge in [0.2, 0.25) is 0 Å². The second-order valence-electron chi connectivity index (χ2n) is 1.37. The van der Waals surface area contributed by atoms with Crippen LogP contribution in [-0.2, 0) is 20.2 Å². The number of hydrogen-bond donors (Lipinski definition) is 2. The Labute approximate surface area is 70.7 Å². The fourth-order valence-electron chi connectivity index (χ4n) is 0.0680. The Kier molecular flexibility index (Phi) is 5.82. The Hall–Kier alpha value is -0.700. The Morgan fingerprint density at radius 1 is 0.917 bits per heavy atom. The van der Waals surface area contributed by atoms with Crippen molar-refractivity contribution in [3.8, 4) is 0 Å². The van der Waals surface area contributed by atoms with Gasteiger partial charge < -0.3 is 0 Å². The zero-order valence-electron chi connectivity index (χ0n) is 5.91. The quantitative estimate of drug-likeness (QED) is 0.630. The molecule has 0 atom stereocenters. The molecule has 0 aromatic heterocycles. The molecule has 0 aliphatic carbocycles. The van der Waals surface area contributed by atoms with Gasteiger partial charge in [-0.3, -0.25) is 9.11 Å². The molecule has 0 bridgehead atoms. The topological polar surface area (TPSA) is 109 Å². The molecule has 0 aromatic carbocycles. The largest absolute Gasteiger partial charge is 0.394 e. The molecule has 0 saturated carbocycles. The first-order valence-corrected chi connectivity index (χ1v) is 5.33. The summed E-state index contributed by atoms with van der Waals surface area (Å²) in [6.07, 6.45) is 0. The third-order valence-electron chi connectivity index (χ3n) is 0.465. The fourth-order valence-corrected chi connectivity index (χ4v) is 0.204. The van der Waals surface area contributed by atoms with E-state index in [1.54, 1.807) is 0 Å². The lowest BCUT2D eigenvalue weighted by Gasteiger charge is -1.78. The van der Waals surface area contributed by atoms with Crippen LogP contribution in [0.5, 0.6) is 0 Å². The molecule has 8 heteroatoms. The smallest absolute Gasteiger partial charge is 0.264 e. The molecule has 0 fully saturated rings.